The SMILES string of the molecule is c1ccc(OCC2CC3(CCN(Cc4ccco4)CC3)CO2)nc1. The molecule has 2 aromatic heterocycles. The number of hydrogen-bond donors (Lipinski definition) is 0. The van der Waals surface area contributed by atoms with Crippen molar-refractivity contribution in [1.29, 1.82) is 0 Å². The second-order valence-electron chi connectivity index (χ2n) is 6.97. The molecule has 0 amide bonds. The fourth-order valence-corrected chi connectivity index (χ4v) is 3.77. The standard InChI is InChI=1S/C19H24N2O3/c1-2-8-20-18(5-1)23-14-17-12-19(15-24-17)6-9-21(10-7-19)13-16-4-3-11-22-16/h1-5,8,11,17H,6-7,9-10,12-15H2. The second-order valence-corrected chi connectivity index (χ2v) is 6.97. The van der Waals surface area contributed by atoms with Gasteiger partial charge < -0.3 is 13.9 Å². The summed E-state index contributed by atoms with van der Waals surface area (Å²) in [6.45, 7) is 4.58. The van der Waals surface area contributed by atoms with Gasteiger partial charge in [0.25, 0.3) is 0 Å². The van der Waals surface area contributed by atoms with E-state index in [0.29, 0.717) is 17.9 Å². The zero-order chi connectivity index (χ0) is 16.2. The van der Waals surface area contributed by atoms with Gasteiger partial charge in [0.05, 0.1) is 25.5 Å². The number of piperidine rings is 1. The van der Waals surface area contributed by atoms with E-state index in [2.05, 4.69) is 9.88 Å². The average Bonchev–Trinajstić information content (AvgIpc) is 3.27. The van der Waals surface area contributed by atoms with Crippen molar-refractivity contribution in [3.63, 3.8) is 0 Å². The van der Waals surface area contributed by atoms with Crippen LogP contribution in [0.1, 0.15) is 25.0 Å². The summed E-state index contributed by atoms with van der Waals surface area (Å²) in [5.41, 5.74) is 0.331. The predicted octanol–water partition coefficient (Wildman–Crippen LogP) is 3.12. The highest BCUT2D eigenvalue weighted by molar-refractivity contribution is 5.09. The quantitative estimate of drug-likeness (QED) is 0.844. The third kappa shape index (κ3) is 3.62. The number of furan rings is 1. The molecule has 0 N–H and O–H groups in total. The van der Waals surface area contributed by atoms with Gasteiger partial charge in [-0.3, -0.25) is 4.90 Å². The summed E-state index contributed by atoms with van der Waals surface area (Å²) in [6.07, 6.45) is 7.15. The van der Waals surface area contributed by atoms with Gasteiger partial charge in [-0.2, -0.15) is 0 Å². The molecule has 2 saturated heterocycles. The van der Waals surface area contributed by atoms with Gasteiger partial charge in [-0.05, 0) is 56.0 Å². The van der Waals surface area contributed by atoms with Gasteiger partial charge in [-0.15, -0.1) is 0 Å². The summed E-state index contributed by atoms with van der Waals surface area (Å²) in [6, 6.07) is 9.72. The lowest BCUT2D eigenvalue weighted by Gasteiger charge is -2.38. The smallest absolute Gasteiger partial charge is 0.213 e. The molecular weight excluding hydrogens is 304 g/mol. The first-order valence-electron chi connectivity index (χ1n) is 8.72. The predicted molar refractivity (Wildman–Crippen MR) is 89.7 cm³/mol. The highest BCUT2D eigenvalue weighted by Crippen LogP contribution is 2.42. The fourth-order valence-electron chi connectivity index (χ4n) is 3.77. The molecule has 0 bridgehead atoms. The molecule has 0 radical (unpaired) electrons. The van der Waals surface area contributed by atoms with E-state index >= 15 is 0 Å². The Bertz CT molecular complexity index is 621. The summed E-state index contributed by atoms with van der Waals surface area (Å²) < 4.78 is 17.2. The van der Waals surface area contributed by atoms with Gasteiger partial charge >= 0.3 is 0 Å². The van der Waals surface area contributed by atoms with E-state index in [4.69, 9.17) is 13.9 Å². The van der Waals surface area contributed by atoms with Crippen LogP contribution >= 0.6 is 0 Å². The Balaban J connectivity index is 1.24. The summed E-state index contributed by atoms with van der Waals surface area (Å²) >= 11 is 0. The molecule has 128 valence electrons. The van der Waals surface area contributed by atoms with Crippen LogP contribution in [-0.2, 0) is 11.3 Å². The highest BCUT2D eigenvalue weighted by atomic mass is 16.5. The number of ether oxygens (including phenoxy) is 2. The van der Waals surface area contributed by atoms with E-state index < -0.39 is 0 Å². The maximum atomic E-state index is 6.02. The summed E-state index contributed by atoms with van der Waals surface area (Å²) in [5, 5.41) is 0. The van der Waals surface area contributed by atoms with Crippen LogP contribution in [0.5, 0.6) is 5.88 Å². The third-order valence-corrected chi connectivity index (χ3v) is 5.22. The molecule has 4 heterocycles. The van der Waals surface area contributed by atoms with E-state index in [9.17, 15) is 0 Å². The van der Waals surface area contributed by atoms with Gasteiger partial charge in [0.15, 0.2) is 0 Å². The lowest BCUT2D eigenvalue weighted by atomic mass is 9.76. The summed E-state index contributed by atoms with van der Waals surface area (Å²) in [5.74, 6) is 1.73. The second kappa shape index (κ2) is 6.95. The van der Waals surface area contributed by atoms with Crippen molar-refractivity contribution in [1.82, 2.24) is 9.88 Å². The topological polar surface area (TPSA) is 47.7 Å². The minimum Gasteiger partial charge on any atom is -0.475 e. The molecule has 2 aromatic rings. The van der Waals surface area contributed by atoms with Gasteiger partial charge in [-0.25, -0.2) is 4.98 Å². The minimum absolute atomic E-state index is 0.184. The van der Waals surface area contributed by atoms with Crippen molar-refractivity contribution in [2.24, 2.45) is 5.41 Å². The molecule has 2 aliphatic heterocycles. The molecule has 24 heavy (non-hydrogen) atoms. The van der Waals surface area contributed by atoms with Crippen LogP contribution in [0.25, 0.3) is 0 Å². The third-order valence-electron chi connectivity index (χ3n) is 5.22. The van der Waals surface area contributed by atoms with Crippen LogP contribution in [0.15, 0.2) is 47.2 Å². The number of pyridine rings is 1. The lowest BCUT2D eigenvalue weighted by Crippen LogP contribution is -2.40. The maximum absolute atomic E-state index is 6.02. The van der Waals surface area contributed by atoms with Gasteiger partial charge in [0.2, 0.25) is 5.88 Å². The molecule has 4 rings (SSSR count). The molecule has 0 saturated carbocycles. The molecule has 2 aliphatic rings. The van der Waals surface area contributed by atoms with Crippen LogP contribution < -0.4 is 4.74 Å². The molecule has 2 fully saturated rings. The van der Waals surface area contributed by atoms with Gasteiger partial charge in [-0.1, -0.05) is 6.07 Å². The number of rotatable bonds is 5. The zero-order valence-electron chi connectivity index (χ0n) is 13.9. The Labute approximate surface area is 142 Å². The van der Waals surface area contributed by atoms with Gasteiger partial charge in [0, 0.05) is 12.3 Å². The molecular formula is C19H24N2O3. The van der Waals surface area contributed by atoms with Crippen molar-refractivity contribution >= 4 is 0 Å². The van der Waals surface area contributed by atoms with Crippen LogP contribution in [0.2, 0.25) is 0 Å². The van der Waals surface area contributed by atoms with Crippen LogP contribution in [0.4, 0.5) is 0 Å². The van der Waals surface area contributed by atoms with E-state index in [1.807, 2.05) is 30.3 Å². The van der Waals surface area contributed by atoms with E-state index in [1.54, 1.807) is 12.5 Å². The number of nitrogens with zero attached hydrogens (tertiary/aromatic N) is 2. The Hall–Kier alpha value is -1.85. The highest BCUT2D eigenvalue weighted by Gasteiger charge is 2.42. The minimum atomic E-state index is 0.184. The van der Waals surface area contributed by atoms with Crippen molar-refractivity contribution < 1.29 is 13.9 Å². The lowest BCUT2D eigenvalue weighted by molar-refractivity contribution is 0.0454. The first-order chi connectivity index (χ1) is 11.8. The number of hydrogen-bond acceptors (Lipinski definition) is 5. The van der Waals surface area contributed by atoms with E-state index in [-0.39, 0.29) is 6.10 Å². The van der Waals surface area contributed by atoms with Crippen LogP contribution in [0, 0.1) is 5.41 Å². The van der Waals surface area contributed by atoms with Crippen molar-refractivity contribution in [3.8, 4) is 5.88 Å². The Morgan fingerprint density at radius 1 is 1.21 bits per heavy atom. The molecule has 1 spiro atoms. The van der Waals surface area contributed by atoms with Crippen LogP contribution in [-0.4, -0.2) is 42.3 Å². The monoisotopic (exact) mass is 328 g/mol. The zero-order valence-corrected chi connectivity index (χ0v) is 13.9. The Kier molecular flexibility index (Phi) is 4.54. The number of likely N-dealkylation sites (tertiary alicyclic amines) is 1. The molecule has 5 nitrogen and oxygen atoms in total. The summed E-state index contributed by atoms with van der Waals surface area (Å²) in [4.78, 5) is 6.67. The molecule has 1 unspecified atom stereocenters. The first-order valence-corrected chi connectivity index (χ1v) is 8.72. The van der Waals surface area contributed by atoms with Crippen molar-refractivity contribution in [2.45, 2.75) is 31.9 Å². The average molecular weight is 328 g/mol. The fraction of sp³-hybridized carbons (Fsp3) is 0.526. The first kappa shape index (κ1) is 15.7. The molecule has 5 heteroatoms. The number of aromatic nitrogens is 1. The van der Waals surface area contributed by atoms with Crippen LogP contribution in [0.3, 0.4) is 0 Å². The Morgan fingerprint density at radius 2 is 2.12 bits per heavy atom. The van der Waals surface area contributed by atoms with Gasteiger partial charge in [0.1, 0.15) is 12.4 Å². The Morgan fingerprint density at radius 3 is 2.88 bits per heavy atom. The van der Waals surface area contributed by atoms with Crippen molar-refractivity contribution in [2.75, 3.05) is 26.3 Å². The molecule has 0 aliphatic carbocycles. The largest absolute Gasteiger partial charge is 0.475 e. The van der Waals surface area contributed by atoms with E-state index in [1.165, 1.54) is 12.8 Å². The molecule has 1 atom stereocenters. The maximum Gasteiger partial charge on any atom is 0.213 e. The molecule has 0 aromatic carbocycles. The van der Waals surface area contributed by atoms with Crippen molar-refractivity contribution in [3.05, 3.63) is 48.6 Å². The summed E-state index contributed by atoms with van der Waals surface area (Å²) in [7, 11) is 0. The van der Waals surface area contributed by atoms with E-state index in [0.717, 1.165) is 38.4 Å². The normalized spacial score (nSPS) is 23.6.